The highest BCUT2D eigenvalue weighted by atomic mass is 32.1. The van der Waals surface area contributed by atoms with E-state index in [-0.39, 0.29) is 0 Å². The molecule has 0 radical (unpaired) electrons. The number of nitrogens with zero attached hydrogens (tertiary/aromatic N) is 6. The molecule has 0 saturated heterocycles. The summed E-state index contributed by atoms with van der Waals surface area (Å²) in [6, 6.07) is 2.12. The van der Waals surface area contributed by atoms with Crippen molar-refractivity contribution in [3.63, 3.8) is 0 Å². The van der Waals surface area contributed by atoms with Gasteiger partial charge >= 0.3 is 0 Å². The normalized spacial score (nSPS) is 10.9. The number of rotatable bonds is 5. The van der Waals surface area contributed by atoms with Gasteiger partial charge in [-0.2, -0.15) is 16.4 Å². The molecule has 0 aliphatic heterocycles. The molecule has 0 saturated carbocycles. The number of aromatic amines is 1. The molecule has 0 spiro atoms. The van der Waals surface area contributed by atoms with Crippen LogP contribution in [0.1, 0.15) is 17.2 Å². The molecule has 0 fully saturated rings. The van der Waals surface area contributed by atoms with Crippen LogP contribution in [0.3, 0.4) is 0 Å². The summed E-state index contributed by atoms with van der Waals surface area (Å²) < 4.78 is 1.74. The van der Waals surface area contributed by atoms with E-state index in [9.17, 15) is 0 Å². The van der Waals surface area contributed by atoms with Crippen molar-refractivity contribution in [2.75, 3.05) is 0 Å². The monoisotopic (exact) mass is 261 g/mol. The topological polar surface area (TPSA) is 85.2 Å². The van der Waals surface area contributed by atoms with Gasteiger partial charge in [0.05, 0.1) is 0 Å². The quantitative estimate of drug-likeness (QED) is 0.730. The van der Waals surface area contributed by atoms with Crippen LogP contribution < -0.4 is 0 Å². The van der Waals surface area contributed by atoms with Crippen LogP contribution in [-0.2, 0) is 19.4 Å². The first-order valence-corrected chi connectivity index (χ1v) is 6.46. The molecule has 0 amide bonds. The Morgan fingerprint density at radius 3 is 3.11 bits per heavy atom. The molecule has 0 aromatic carbocycles. The largest absolute Gasteiger partial charge is 0.262 e. The number of aromatic nitrogens is 7. The van der Waals surface area contributed by atoms with E-state index >= 15 is 0 Å². The third-order valence-electron chi connectivity index (χ3n) is 2.59. The van der Waals surface area contributed by atoms with Crippen LogP contribution in [0, 0.1) is 0 Å². The lowest BCUT2D eigenvalue weighted by atomic mass is 10.2. The molecule has 18 heavy (non-hydrogen) atoms. The van der Waals surface area contributed by atoms with Gasteiger partial charge in [0.25, 0.3) is 0 Å². The number of H-pyrrole nitrogens is 1. The Hall–Kier alpha value is -2.09. The minimum Gasteiger partial charge on any atom is -0.262 e. The summed E-state index contributed by atoms with van der Waals surface area (Å²) >= 11 is 1.70. The molecule has 3 rings (SSSR count). The smallest absolute Gasteiger partial charge is 0.152 e. The summed E-state index contributed by atoms with van der Waals surface area (Å²) in [5.41, 5.74) is 1.31. The number of aryl methyl sites for hydroxylation is 2. The van der Waals surface area contributed by atoms with Crippen LogP contribution >= 0.6 is 11.3 Å². The van der Waals surface area contributed by atoms with Crippen molar-refractivity contribution in [3.8, 4) is 0 Å². The van der Waals surface area contributed by atoms with Crippen molar-refractivity contribution in [3.05, 3.63) is 40.4 Å². The lowest BCUT2D eigenvalue weighted by molar-refractivity contribution is 0.596. The van der Waals surface area contributed by atoms with Gasteiger partial charge in [0.2, 0.25) is 0 Å². The highest BCUT2D eigenvalue weighted by Crippen LogP contribution is 2.09. The lowest BCUT2D eigenvalue weighted by Crippen LogP contribution is -2.09. The van der Waals surface area contributed by atoms with E-state index in [4.69, 9.17) is 0 Å². The van der Waals surface area contributed by atoms with Crippen LogP contribution in [0.15, 0.2) is 23.2 Å². The Kier molecular flexibility index (Phi) is 3.09. The summed E-state index contributed by atoms with van der Waals surface area (Å²) in [6.45, 7) is 0.520. The Labute approximate surface area is 107 Å². The Bertz CT molecular complexity index is 584. The van der Waals surface area contributed by atoms with Crippen LogP contribution in [0.4, 0.5) is 0 Å². The molecule has 0 aliphatic carbocycles. The molecule has 3 heterocycles. The van der Waals surface area contributed by atoms with E-state index in [1.54, 1.807) is 16.0 Å². The van der Waals surface area contributed by atoms with E-state index in [0.29, 0.717) is 6.54 Å². The number of thiophene rings is 1. The van der Waals surface area contributed by atoms with Gasteiger partial charge < -0.3 is 0 Å². The maximum Gasteiger partial charge on any atom is 0.152 e. The van der Waals surface area contributed by atoms with Crippen LogP contribution in [0.2, 0.25) is 0 Å². The van der Waals surface area contributed by atoms with Gasteiger partial charge in [-0.3, -0.25) is 5.10 Å². The summed E-state index contributed by atoms with van der Waals surface area (Å²) in [5.74, 6) is 1.61. The molecule has 8 heteroatoms. The van der Waals surface area contributed by atoms with E-state index in [1.165, 1.54) is 11.9 Å². The molecule has 0 unspecified atom stereocenters. The number of hydrogen-bond acceptors (Lipinski definition) is 6. The van der Waals surface area contributed by atoms with E-state index in [2.05, 4.69) is 47.5 Å². The first-order chi connectivity index (χ1) is 8.92. The van der Waals surface area contributed by atoms with Gasteiger partial charge in [0.1, 0.15) is 18.7 Å². The van der Waals surface area contributed by atoms with Crippen LogP contribution in [0.25, 0.3) is 0 Å². The van der Waals surface area contributed by atoms with Gasteiger partial charge in [-0.25, -0.2) is 9.67 Å². The second-order valence-electron chi connectivity index (χ2n) is 3.82. The van der Waals surface area contributed by atoms with Crippen LogP contribution in [-0.4, -0.2) is 35.4 Å². The fourth-order valence-corrected chi connectivity index (χ4v) is 2.37. The SMILES string of the molecule is c1n[nH]c(Cn2nnnc2CCc2ccsc2)n1. The van der Waals surface area contributed by atoms with Gasteiger partial charge in [-0.15, -0.1) is 5.10 Å². The average Bonchev–Trinajstić information content (AvgIpc) is 3.10. The van der Waals surface area contributed by atoms with Crippen LogP contribution in [0.5, 0.6) is 0 Å². The van der Waals surface area contributed by atoms with Crippen molar-refractivity contribution in [2.45, 2.75) is 19.4 Å². The molecular formula is C10H11N7S. The van der Waals surface area contributed by atoms with Gasteiger partial charge in [-0.1, -0.05) is 0 Å². The zero-order chi connectivity index (χ0) is 12.2. The van der Waals surface area contributed by atoms with E-state index < -0.39 is 0 Å². The first kappa shape index (κ1) is 11.0. The minimum atomic E-state index is 0.520. The maximum absolute atomic E-state index is 4.06. The summed E-state index contributed by atoms with van der Waals surface area (Å²) in [5, 5.41) is 22.5. The highest BCUT2D eigenvalue weighted by molar-refractivity contribution is 7.07. The molecule has 3 aromatic rings. The second-order valence-corrected chi connectivity index (χ2v) is 4.60. The molecule has 1 N–H and O–H groups in total. The number of hydrogen-bond donors (Lipinski definition) is 1. The van der Waals surface area contributed by atoms with Gasteiger partial charge in [-0.05, 0) is 39.2 Å². The third kappa shape index (κ3) is 2.43. The van der Waals surface area contributed by atoms with Crippen molar-refractivity contribution >= 4 is 11.3 Å². The summed E-state index contributed by atoms with van der Waals surface area (Å²) in [6.07, 6.45) is 3.24. The standard InChI is InChI=1S/C10H11N7S/c1(8-3-4-18-6-8)2-10-14-15-16-17(10)5-9-11-7-12-13-9/h3-4,6-7H,1-2,5H2,(H,11,12,13). The van der Waals surface area contributed by atoms with Crippen molar-refractivity contribution in [2.24, 2.45) is 0 Å². The molecule has 7 nitrogen and oxygen atoms in total. The Morgan fingerprint density at radius 2 is 2.33 bits per heavy atom. The van der Waals surface area contributed by atoms with E-state index in [1.807, 2.05) is 0 Å². The van der Waals surface area contributed by atoms with Gasteiger partial charge in [0.15, 0.2) is 5.82 Å². The van der Waals surface area contributed by atoms with Crippen molar-refractivity contribution < 1.29 is 0 Å². The molecule has 0 aliphatic rings. The molecule has 0 atom stereocenters. The predicted octanol–water partition coefficient (Wildman–Crippen LogP) is 0.686. The summed E-state index contributed by atoms with van der Waals surface area (Å²) in [7, 11) is 0. The molecule has 0 bridgehead atoms. The molecule has 3 aromatic heterocycles. The van der Waals surface area contributed by atoms with Crippen molar-refractivity contribution in [1.82, 2.24) is 35.4 Å². The fraction of sp³-hybridized carbons (Fsp3) is 0.300. The van der Waals surface area contributed by atoms with E-state index in [0.717, 1.165) is 24.5 Å². The lowest BCUT2D eigenvalue weighted by Gasteiger charge is -2.01. The fourth-order valence-electron chi connectivity index (χ4n) is 1.66. The predicted molar refractivity (Wildman–Crippen MR) is 65.0 cm³/mol. The zero-order valence-corrected chi connectivity index (χ0v) is 10.3. The number of nitrogens with one attached hydrogen (secondary N) is 1. The van der Waals surface area contributed by atoms with Crippen molar-refractivity contribution in [1.29, 1.82) is 0 Å². The summed E-state index contributed by atoms with van der Waals surface area (Å²) in [4.78, 5) is 4.06. The minimum absolute atomic E-state index is 0.520. The maximum atomic E-state index is 4.06. The molecular weight excluding hydrogens is 250 g/mol. The third-order valence-corrected chi connectivity index (χ3v) is 3.32. The average molecular weight is 261 g/mol. The Morgan fingerprint density at radius 1 is 1.33 bits per heavy atom. The highest BCUT2D eigenvalue weighted by Gasteiger charge is 2.08. The Balaban J connectivity index is 1.67. The van der Waals surface area contributed by atoms with Gasteiger partial charge in [0, 0.05) is 6.42 Å². The second kappa shape index (κ2) is 5.05. The zero-order valence-electron chi connectivity index (χ0n) is 9.52. The first-order valence-electron chi connectivity index (χ1n) is 5.52. The molecule has 92 valence electrons. The number of tetrazole rings is 1.